The highest BCUT2D eigenvalue weighted by atomic mass is 15.1. The van der Waals surface area contributed by atoms with Crippen LogP contribution in [0.15, 0.2) is 60.7 Å². The van der Waals surface area contributed by atoms with Crippen LogP contribution in [0.25, 0.3) is 0 Å². The zero-order valence-corrected chi connectivity index (χ0v) is 12.0. The maximum atomic E-state index is 5.72. The van der Waals surface area contributed by atoms with Crippen LogP contribution in [0.3, 0.4) is 0 Å². The number of aryl methyl sites for hydroxylation is 1. The Morgan fingerprint density at radius 3 is 1.95 bits per heavy atom. The van der Waals surface area contributed by atoms with Gasteiger partial charge in [-0.25, -0.2) is 0 Å². The van der Waals surface area contributed by atoms with E-state index in [1.165, 1.54) is 17.5 Å². The Morgan fingerprint density at radius 1 is 0.750 bits per heavy atom. The van der Waals surface area contributed by atoms with Gasteiger partial charge in [0, 0.05) is 19.6 Å². The summed E-state index contributed by atoms with van der Waals surface area (Å²) < 4.78 is 0. The molecule has 0 amide bonds. The fourth-order valence-electron chi connectivity index (χ4n) is 2.45. The largest absolute Gasteiger partial charge is 0.329 e. The first-order chi connectivity index (χ1) is 9.88. The Balaban J connectivity index is 1.80. The predicted octanol–water partition coefficient (Wildman–Crippen LogP) is 3.08. The molecule has 0 fully saturated rings. The van der Waals surface area contributed by atoms with Crippen LogP contribution in [0.2, 0.25) is 0 Å². The van der Waals surface area contributed by atoms with E-state index < -0.39 is 0 Å². The standard InChI is InChI=1S/C18H24N2/c19-13-15-20(16-18-10-5-2-6-11-18)14-7-12-17-8-3-1-4-9-17/h1-6,8-11H,7,12-16,19H2. The Labute approximate surface area is 122 Å². The molecule has 106 valence electrons. The number of nitrogens with zero attached hydrogens (tertiary/aromatic N) is 1. The Bertz CT molecular complexity index is 467. The highest BCUT2D eigenvalue weighted by Gasteiger charge is 2.05. The SMILES string of the molecule is NCCN(CCCc1ccccc1)Cc1ccccc1. The molecule has 0 atom stereocenters. The summed E-state index contributed by atoms with van der Waals surface area (Å²) in [5, 5.41) is 0. The Morgan fingerprint density at radius 2 is 1.35 bits per heavy atom. The first-order valence-electron chi connectivity index (χ1n) is 7.39. The van der Waals surface area contributed by atoms with E-state index in [4.69, 9.17) is 5.73 Å². The summed E-state index contributed by atoms with van der Waals surface area (Å²) in [6, 6.07) is 21.3. The van der Waals surface area contributed by atoms with Crippen LogP contribution in [0.4, 0.5) is 0 Å². The molecule has 0 bridgehead atoms. The van der Waals surface area contributed by atoms with Crippen LogP contribution in [0, 0.1) is 0 Å². The third-order valence-corrected chi connectivity index (χ3v) is 3.48. The highest BCUT2D eigenvalue weighted by molar-refractivity contribution is 5.15. The first kappa shape index (κ1) is 14.8. The fraction of sp³-hybridized carbons (Fsp3) is 0.333. The van der Waals surface area contributed by atoms with Crippen LogP contribution in [0.1, 0.15) is 17.5 Å². The summed E-state index contributed by atoms with van der Waals surface area (Å²) in [6.07, 6.45) is 2.31. The van der Waals surface area contributed by atoms with Gasteiger partial charge in [-0.3, -0.25) is 4.90 Å². The van der Waals surface area contributed by atoms with E-state index in [9.17, 15) is 0 Å². The van der Waals surface area contributed by atoms with Crippen LogP contribution < -0.4 is 5.73 Å². The minimum atomic E-state index is 0.720. The lowest BCUT2D eigenvalue weighted by atomic mass is 10.1. The van der Waals surface area contributed by atoms with Crippen LogP contribution >= 0.6 is 0 Å². The second-order valence-electron chi connectivity index (χ2n) is 5.14. The molecule has 0 aromatic heterocycles. The molecule has 0 aliphatic rings. The molecular formula is C18H24N2. The zero-order chi connectivity index (χ0) is 14.0. The Kier molecular flexibility index (Phi) is 6.28. The maximum Gasteiger partial charge on any atom is 0.0234 e. The summed E-state index contributed by atoms with van der Waals surface area (Å²) in [5.41, 5.74) is 8.50. The van der Waals surface area contributed by atoms with Gasteiger partial charge in [0.25, 0.3) is 0 Å². The molecule has 0 unspecified atom stereocenters. The van der Waals surface area contributed by atoms with Gasteiger partial charge in [0.15, 0.2) is 0 Å². The summed E-state index contributed by atoms with van der Waals surface area (Å²) >= 11 is 0. The molecule has 2 aromatic rings. The molecule has 0 aliphatic carbocycles. The van der Waals surface area contributed by atoms with Gasteiger partial charge in [-0.1, -0.05) is 60.7 Å². The molecule has 0 saturated carbocycles. The molecule has 0 saturated heterocycles. The van der Waals surface area contributed by atoms with Gasteiger partial charge in [0.1, 0.15) is 0 Å². The quantitative estimate of drug-likeness (QED) is 0.797. The second-order valence-corrected chi connectivity index (χ2v) is 5.14. The van der Waals surface area contributed by atoms with E-state index in [2.05, 4.69) is 65.6 Å². The lowest BCUT2D eigenvalue weighted by molar-refractivity contribution is 0.269. The molecule has 20 heavy (non-hydrogen) atoms. The molecule has 2 nitrogen and oxygen atoms in total. The van der Waals surface area contributed by atoms with Crippen molar-refractivity contribution in [1.82, 2.24) is 4.90 Å². The lowest BCUT2D eigenvalue weighted by Gasteiger charge is -2.21. The van der Waals surface area contributed by atoms with Crippen LogP contribution in [0.5, 0.6) is 0 Å². The number of nitrogens with two attached hydrogens (primary N) is 1. The first-order valence-corrected chi connectivity index (χ1v) is 7.39. The minimum Gasteiger partial charge on any atom is -0.329 e. The number of rotatable bonds is 8. The van der Waals surface area contributed by atoms with Gasteiger partial charge >= 0.3 is 0 Å². The fourth-order valence-corrected chi connectivity index (χ4v) is 2.45. The van der Waals surface area contributed by atoms with Gasteiger partial charge in [0.2, 0.25) is 0 Å². The van der Waals surface area contributed by atoms with Crippen molar-refractivity contribution in [3.05, 3.63) is 71.8 Å². The third-order valence-electron chi connectivity index (χ3n) is 3.48. The van der Waals surface area contributed by atoms with Crippen molar-refractivity contribution >= 4 is 0 Å². The van der Waals surface area contributed by atoms with E-state index >= 15 is 0 Å². The zero-order valence-electron chi connectivity index (χ0n) is 12.0. The summed E-state index contributed by atoms with van der Waals surface area (Å²) in [4.78, 5) is 2.44. The Hall–Kier alpha value is -1.64. The normalized spacial score (nSPS) is 10.9. The smallest absolute Gasteiger partial charge is 0.0234 e. The number of benzene rings is 2. The lowest BCUT2D eigenvalue weighted by Crippen LogP contribution is -2.30. The van der Waals surface area contributed by atoms with Crippen molar-refractivity contribution in [2.75, 3.05) is 19.6 Å². The van der Waals surface area contributed by atoms with Crippen molar-refractivity contribution < 1.29 is 0 Å². The molecule has 0 radical (unpaired) electrons. The molecule has 2 aromatic carbocycles. The van der Waals surface area contributed by atoms with Gasteiger partial charge in [-0.15, -0.1) is 0 Å². The molecule has 0 spiro atoms. The van der Waals surface area contributed by atoms with Crippen LogP contribution in [-0.2, 0) is 13.0 Å². The van der Waals surface area contributed by atoms with Gasteiger partial charge in [-0.05, 0) is 30.5 Å². The third kappa shape index (κ3) is 5.16. The van der Waals surface area contributed by atoms with Crippen molar-refractivity contribution in [3.63, 3.8) is 0 Å². The van der Waals surface area contributed by atoms with Crippen molar-refractivity contribution in [3.8, 4) is 0 Å². The minimum absolute atomic E-state index is 0.720. The van der Waals surface area contributed by atoms with E-state index in [1.807, 2.05) is 0 Å². The second kappa shape index (κ2) is 8.51. The molecule has 0 heterocycles. The van der Waals surface area contributed by atoms with E-state index in [1.54, 1.807) is 0 Å². The van der Waals surface area contributed by atoms with Crippen LogP contribution in [-0.4, -0.2) is 24.5 Å². The maximum absolute atomic E-state index is 5.72. The molecule has 2 heteroatoms. The predicted molar refractivity (Wildman–Crippen MR) is 85.5 cm³/mol. The van der Waals surface area contributed by atoms with Crippen molar-refractivity contribution in [2.45, 2.75) is 19.4 Å². The molecule has 2 N–H and O–H groups in total. The van der Waals surface area contributed by atoms with E-state index in [0.29, 0.717) is 0 Å². The highest BCUT2D eigenvalue weighted by Crippen LogP contribution is 2.07. The average molecular weight is 268 g/mol. The van der Waals surface area contributed by atoms with E-state index in [-0.39, 0.29) is 0 Å². The topological polar surface area (TPSA) is 29.3 Å². The van der Waals surface area contributed by atoms with Gasteiger partial charge in [0.05, 0.1) is 0 Å². The summed E-state index contributed by atoms with van der Waals surface area (Å²) in [5.74, 6) is 0. The molecular weight excluding hydrogens is 244 g/mol. The summed E-state index contributed by atoms with van der Waals surface area (Å²) in [6.45, 7) is 3.77. The molecule has 0 aliphatic heterocycles. The van der Waals surface area contributed by atoms with Gasteiger partial charge < -0.3 is 5.73 Å². The summed E-state index contributed by atoms with van der Waals surface area (Å²) in [7, 11) is 0. The monoisotopic (exact) mass is 268 g/mol. The van der Waals surface area contributed by atoms with E-state index in [0.717, 1.165) is 32.6 Å². The van der Waals surface area contributed by atoms with Crippen molar-refractivity contribution in [1.29, 1.82) is 0 Å². The number of hydrogen-bond donors (Lipinski definition) is 1. The van der Waals surface area contributed by atoms with Crippen molar-refractivity contribution in [2.24, 2.45) is 5.73 Å². The van der Waals surface area contributed by atoms with Gasteiger partial charge in [-0.2, -0.15) is 0 Å². The number of hydrogen-bond acceptors (Lipinski definition) is 2. The average Bonchev–Trinajstić information content (AvgIpc) is 2.49. The molecule has 2 rings (SSSR count).